The van der Waals surface area contributed by atoms with Gasteiger partial charge in [0, 0.05) is 13.1 Å². The predicted molar refractivity (Wildman–Crippen MR) is 82.0 cm³/mol. The summed E-state index contributed by atoms with van der Waals surface area (Å²) in [5.41, 5.74) is 0.154. The first-order chi connectivity index (χ1) is 9.49. The van der Waals surface area contributed by atoms with E-state index < -0.39 is 12.1 Å². The van der Waals surface area contributed by atoms with Crippen LogP contribution in [0.2, 0.25) is 0 Å². The maximum absolute atomic E-state index is 12.2. The number of likely N-dealkylation sites (tertiary alicyclic amines) is 1. The van der Waals surface area contributed by atoms with Gasteiger partial charge in [0.05, 0.1) is 9.13 Å². The topological polar surface area (TPSA) is 66.8 Å². The van der Waals surface area contributed by atoms with Crippen LogP contribution in [0, 0.1) is 3.57 Å². The number of hydrogen-bond acceptors (Lipinski definition) is 3. The van der Waals surface area contributed by atoms with E-state index >= 15 is 0 Å². The minimum atomic E-state index is -1.01. The summed E-state index contributed by atoms with van der Waals surface area (Å²) < 4.78 is 6.43. The Hall–Kier alpha value is -1.31. The van der Waals surface area contributed by atoms with Crippen LogP contribution in [0.4, 0.5) is 0 Å². The lowest BCUT2D eigenvalue weighted by Crippen LogP contribution is -2.38. The summed E-state index contributed by atoms with van der Waals surface area (Å²) in [4.78, 5) is 24.9. The maximum atomic E-state index is 12.2. The summed E-state index contributed by atoms with van der Waals surface area (Å²) in [6.07, 6.45) is 1.46. The molecule has 0 bridgehead atoms. The minimum Gasteiger partial charge on any atom is -0.480 e. The molecule has 1 heterocycles. The van der Waals surface area contributed by atoms with Crippen molar-refractivity contribution in [1.82, 2.24) is 4.90 Å². The van der Waals surface area contributed by atoms with E-state index in [1.54, 1.807) is 17.9 Å². The highest BCUT2D eigenvalue weighted by atomic mass is 127. The van der Waals surface area contributed by atoms with Crippen LogP contribution in [0.1, 0.15) is 30.1 Å². The lowest BCUT2D eigenvalue weighted by Gasteiger charge is -2.21. The second-order valence-corrected chi connectivity index (χ2v) is 5.91. The number of ether oxygens (including phenoxy) is 1. The Labute approximate surface area is 131 Å². The molecule has 0 spiro atoms. The zero-order valence-corrected chi connectivity index (χ0v) is 13.3. The van der Waals surface area contributed by atoms with Gasteiger partial charge in [0.15, 0.2) is 6.10 Å². The van der Waals surface area contributed by atoms with E-state index in [4.69, 9.17) is 9.84 Å². The molecule has 1 atom stereocenters. The average molecular weight is 389 g/mol. The molecule has 1 saturated heterocycles. The molecule has 0 aromatic heterocycles. The molecule has 6 heteroatoms. The number of carbonyl (C=O) groups excluding carboxylic acids is 1. The molecule has 1 unspecified atom stereocenters. The van der Waals surface area contributed by atoms with Crippen molar-refractivity contribution in [1.29, 1.82) is 0 Å². The number of carboxylic acid groups (broad SMARTS) is 1. The highest BCUT2D eigenvalue weighted by molar-refractivity contribution is 14.1. The summed E-state index contributed by atoms with van der Waals surface area (Å²) in [6.45, 7) is 3.25. The van der Waals surface area contributed by atoms with E-state index in [0.29, 0.717) is 5.75 Å². The molecule has 0 saturated carbocycles. The second kappa shape index (κ2) is 6.43. The van der Waals surface area contributed by atoms with Gasteiger partial charge in [-0.2, -0.15) is 0 Å². The maximum Gasteiger partial charge on any atom is 0.335 e. The van der Waals surface area contributed by atoms with Crippen molar-refractivity contribution in [3.8, 4) is 5.75 Å². The fraction of sp³-hybridized carbons (Fsp3) is 0.429. The third-order valence-corrected chi connectivity index (χ3v) is 4.14. The van der Waals surface area contributed by atoms with Crippen molar-refractivity contribution in [3.63, 3.8) is 0 Å². The molecule has 0 aliphatic carbocycles. The largest absolute Gasteiger partial charge is 0.480 e. The first kappa shape index (κ1) is 15.1. The highest BCUT2D eigenvalue weighted by Crippen LogP contribution is 2.24. The van der Waals surface area contributed by atoms with Crippen LogP contribution < -0.4 is 4.74 Å². The smallest absolute Gasteiger partial charge is 0.335 e. The molecule has 1 aromatic carbocycles. The molecule has 2 rings (SSSR count). The van der Waals surface area contributed by atoms with Crippen molar-refractivity contribution in [2.45, 2.75) is 25.9 Å². The molecule has 108 valence electrons. The quantitative estimate of drug-likeness (QED) is 0.804. The summed E-state index contributed by atoms with van der Waals surface area (Å²) in [5, 5.41) is 8.98. The zero-order chi connectivity index (χ0) is 14.7. The summed E-state index contributed by atoms with van der Waals surface area (Å²) >= 11 is 2.06. The zero-order valence-electron chi connectivity index (χ0n) is 11.1. The molecule has 20 heavy (non-hydrogen) atoms. The van der Waals surface area contributed by atoms with E-state index in [-0.39, 0.29) is 11.5 Å². The van der Waals surface area contributed by atoms with E-state index in [9.17, 15) is 9.59 Å². The Bertz CT molecular complexity index is 526. The van der Waals surface area contributed by atoms with Crippen molar-refractivity contribution < 1.29 is 19.4 Å². The third-order valence-electron chi connectivity index (χ3n) is 3.25. The van der Waals surface area contributed by atoms with Gasteiger partial charge in [-0.15, -0.1) is 0 Å². The Balaban J connectivity index is 2.10. The van der Waals surface area contributed by atoms with Crippen LogP contribution in [-0.2, 0) is 4.79 Å². The Morgan fingerprint density at radius 1 is 1.35 bits per heavy atom. The summed E-state index contributed by atoms with van der Waals surface area (Å²) in [7, 11) is 0. The Kier molecular flexibility index (Phi) is 4.85. The molecule has 1 amide bonds. The number of amides is 1. The van der Waals surface area contributed by atoms with Gasteiger partial charge >= 0.3 is 5.97 Å². The predicted octanol–water partition coefficient (Wildman–Crippen LogP) is 2.38. The number of nitrogens with zero attached hydrogens (tertiary/aromatic N) is 1. The van der Waals surface area contributed by atoms with Crippen LogP contribution >= 0.6 is 22.6 Å². The first-order valence-electron chi connectivity index (χ1n) is 6.47. The van der Waals surface area contributed by atoms with Crippen molar-refractivity contribution in [2.75, 3.05) is 13.1 Å². The molecule has 1 N–H and O–H groups in total. The van der Waals surface area contributed by atoms with Crippen molar-refractivity contribution >= 4 is 34.5 Å². The number of carboxylic acids is 1. The summed E-state index contributed by atoms with van der Waals surface area (Å²) in [5.74, 6) is -0.616. The molecule has 1 aromatic rings. The van der Waals surface area contributed by atoms with Crippen LogP contribution in [0.25, 0.3) is 0 Å². The van der Waals surface area contributed by atoms with Gasteiger partial charge in [-0.25, -0.2) is 4.79 Å². The normalized spacial score (nSPS) is 16.0. The van der Waals surface area contributed by atoms with E-state index in [2.05, 4.69) is 22.6 Å². The fourth-order valence-corrected chi connectivity index (χ4v) is 2.62. The van der Waals surface area contributed by atoms with E-state index in [1.165, 1.54) is 12.1 Å². The molecule has 1 aliphatic heterocycles. The minimum absolute atomic E-state index is 0.0426. The van der Waals surface area contributed by atoms with Gasteiger partial charge in [-0.3, -0.25) is 4.79 Å². The van der Waals surface area contributed by atoms with Gasteiger partial charge < -0.3 is 14.7 Å². The van der Waals surface area contributed by atoms with E-state index in [1.807, 2.05) is 0 Å². The van der Waals surface area contributed by atoms with Crippen molar-refractivity contribution in [2.24, 2.45) is 0 Å². The van der Waals surface area contributed by atoms with Crippen molar-refractivity contribution in [3.05, 3.63) is 27.3 Å². The van der Waals surface area contributed by atoms with Crippen LogP contribution in [0.5, 0.6) is 5.75 Å². The van der Waals surface area contributed by atoms with Crippen LogP contribution in [0.15, 0.2) is 18.2 Å². The Morgan fingerprint density at radius 2 is 2.00 bits per heavy atom. The van der Waals surface area contributed by atoms with Gasteiger partial charge in [0.25, 0.3) is 5.91 Å². The monoisotopic (exact) mass is 389 g/mol. The van der Waals surface area contributed by atoms with E-state index in [0.717, 1.165) is 29.5 Å². The number of rotatable bonds is 4. The number of hydrogen-bond donors (Lipinski definition) is 1. The van der Waals surface area contributed by atoms with Gasteiger partial charge in [0.2, 0.25) is 0 Å². The lowest BCUT2D eigenvalue weighted by atomic mass is 10.2. The number of aromatic carboxylic acids is 1. The van der Waals surface area contributed by atoms with Crippen LogP contribution in [0.3, 0.4) is 0 Å². The third kappa shape index (κ3) is 3.41. The molecule has 1 aliphatic rings. The number of halogens is 1. The van der Waals surface area contributed by atoms with Gasteiger partial charge in [-0.05, 0) is 60.6 Å². The number of benzene rings is 1. The molecular formula is C14H16INO4. The molecule has 5 nitrogen and oxygen atoms in total. The molecular weight excluding hydrogens is 373 g/mol. The second-order valence-electron chi connectivity index (χ2n) is 4.74. The average Bonchev–Trinajstić information content (AvgIpc) is 2.94. The highest BCUT2D eigenvalue weighted by Gasteiger charge is 2.25. The molecule has 0 radical (unpaired) electrons. The number of carbonyl (C=O) groups is 2. The lowest BCUT2D eigenvalue weighted by molar-refractivity contribution is -0.136. The van der Waals surface area contributed by atoms with Gasteiger partial charge in [-0.1, -0.05) is 0 Å². The van der Waals surface area contributed by atoms with Gasteiger partial charge in [0.1, 0.15) is 5.75 Å². The SMILES string of the molecule is CC(Oc1cc(C(=O)O)ccc1I)C(=O)N1CCCC1. The standard InChI is InChI=1S/C14H16INO4/c1-9(13(17)16-6-2-3-7-16)20-12-8-10(14(18)19)4-5-11(12)15/h4-5,8-9H,2-3,6-7H2,1H3,(H,18,19). The molecule has 1 fully saturated rings. The first-order valence-corrected chi connectivity index (χ1v) is 7.55. The summed E-state index contributed by atoms with van der Waals surface area (Å²) in [6, 6.07) is 4.65. The fourth-order valence-electron chi connectivity index (χ4n) is 2.16. The Morgan fingerprint density at radius 3 is 2.60 bits per heavy atom. The van der Waals surface area contributed by atoms with Crippen LogP contribution in [-0.4, -0.2) is 41.1 Å².